The first-order valence-electron chi connectivity index (χ1n) is 6.45. The fourth-order valence-electron chi connectivity index (χ4n) is 2.23. The molecule has 1 fully saturated rings. The lowest BCUT2D eigenvalue weighted by molar-refractivity contribution is -0.0358. The summed E-state index contributed by atoms with van der Waals surface area (Å²) in [7, 11) is 0. The lowest BCUT2D eigenvalue weighted by Crippen LogP contribution is -2.41. The predicted molar refractivity (Wildman–Crippen MR) is 66.4 cm³/mol. The summed E-state index contributed by atoms with van der Waals surface area (Å²) < 4.78 is 26.9. The van der Waals surface area contributed by atoms with Crippen molar-refractivity contribution >= 4 is 0 Å². The summed E-state index contributed by atoms with van der Waals surface area (Å²) in [5, 5.41) is 9.22. The normalized spacial score (nSPS) is 35.4. The summed E-state index contributed by atoms with van der Waals surface area (Å²) in [6.07, 6.45) is 2.27. The summed E-state index contributed by atoms with van der Waals surface area (Å²) in [6.45, 7) is 6.32. The van der Waals surface area contributed by atoms with Crippen LogP contribution in [-0.2, 0) is 0 Å². The molecule has 17 heavy (non-hydrogen) atoms. The first-order valence-corrected chi connectivity index (χ1v) is 6.45. The third kappa shape index (κ3) is 4.74. The van der Waals surface area contributed by atoms with Gasteiger partial charge in [-0.3, -0.25) is 0 Å². The van der Waals surface area contributed by atoms with Gasteiger partial charge < -0.3 is 5.11 Å². The van der Waals surface area contributed by atoms with E-state index in [4.69, 9.17) is 0 Å². The number of alkyl halides is 2. The van der Waals surface area contributed by atoms with Crippen molar-refractivity contribution in [3.63, 3.8) is 0 Å². The van der Waals surface area contributed by atoms with Crippen LogP contribution in [0.3, 0.4) is 0 Å². The van der Waals surface area contributed by atoms with E-state index in [-0.39, 0.29) is 11.3 Å². The highest BCUT2D eigenvalue weighted by atomic mass is 19.2. The number of allylic oxidation sites excluding steroid dienone is 2. The minimum Gasteiger partial charge on any atom is -0.390 e. The van der Waals surface area contributed by atoms with E-state index < -0.39 is 18.4 Å². The molecular weight excluding hydrogens is 222 g/mol. The molecule has 1 nitrogen and oxygen atoms in total. The van der Waals surface area contributed by atoms with Crippen LogP contribution in [0.4, 0.5) is 8.78 Å². The van der Waals surface area contributed by atoms with Gasteiger partial charge in [-0.15, -0.1) is 0 Å². The van der Waals surface area contributed by atoms with Crippen LogP contribution in [0.1, 0.15) is 46.5 Å². The van der Waals surface area contributed by atoms with Crippen molar-refractivity contribution in [2.45, 2.75) is 64.9 Å². The molecule has 0 aliphatic heterocycles. The average molecular weight is 246 g/mol. The molecule has 0 aromatic carbocycles. The third-order valence-electron chi connectivity index (χ3n) is 3.28. The Kier molecular flexibility index (Phi) is 5.11. The summed E-state index contributed by atoms with van der Waals surface area (Å²) in [6, 6.07) is 0. The van der Waals surface area contributed by atoms with Gasteiger partial charge in [0.1, 0.15) is 6.17 Å². The molecule has 4 unspecified atom stereocenters. The zero-order chi connectivity index (χ0) is 13.1. The Morgan fingerprint density at radius 1 is 1.18 bits per heavy atom. The van der Waals surface area contributed by atoms with Crippen LogP contribution < -0.4 is 0 Å². The van der Waals surface area contributed by atoms with E-state index in [2.05, 4.69) is 26.8 Å². The van der Waals surface area contributed by atoms with Crippen LogP contribution in [0.5, 0.6) is 0 Å². The van der Waals surface area contributed by atoms with Crippen molar-refractivity contribution in [2.75, 3.05) is 0 Å². The number of halogens is 2. The van der Waals surface area contributed by atoms with Crippen LogP contribution in [0.25, 0.3) is 0 Å². The maximum absolute atomic E-state index is 13.6. The quantitative estimate of drug-likeness (QED) is 0.751. The van der Waals surface area contributed by atoms with E-state index in [1.165, 1.54) is 0 Å². The predicted octanol–water partition coefficient (Wildman–Crippen LogP) is 3.82. The molecule has 100 valence electrons. The van der Waals surface area contributed by atoms with Crippen molar-refractivity contribution in [2.24, 2.45) is 11.3 Å². The summed E-state index contributed by atoms with van der Waals surface area (Å²) >= 11 is 0. The Hall–Kier alpha value is -0.440. The van der Waals surface area contributed by atoms with Gasteiger partial charge >= 0.3 is 0 Å². The van der Waals surface area contributed by atoms with Crippen molar-refractivity contribution in [3.8, 4) is 0 Å². The molecular formula is C14H24F2O. The van der Waals surface area contributed by atoms with E-state index in [1.807, 2.05) is 6.08 Å². The van der Waals surface area contributed by atoms with Gasteiger partial charge in [-0.25, -0.2) is 8.78 Å². The average Bonchev–Trinajstić information content (AvgIpc) is 2.22. The van der Waals surface area contributed by atoms with Gasteiger partial charge in [-0.1, -0.05) is 32.9 Å². The van der Waals surface area contributed by atoms with E-state index in [0.29, 0.717) is 19.3 Å². The standard InChI is InChI=1S/C14H24F2O/c1-14(2,3)9-5-4-6-10-7-8-11(17)13(16)12(10)15/h5,9-13,17H,4,6-8H2,1-3H3. The Morgan fingerprint density at radius 3 is 2.41 bits per heavy atom. The lowest BCUT2D eigenvalue weighted by Gasteiger charge is -2.32. The summed E-state index contributed by atoms with van der Waals surface area (Å²) in [4.78, 5) is 0. The molecule has 0 saturated heterocycles. The Balaban J connectivity index is 2.35. The molecule has 1 aliphatic carbocycles. The molecule has 0 spiro atoms. The molecule has 0 bridgehead atoms. The molecule has 1 saturated carbocycles. The van der Waals surface area contributed by atoms with Gasteiger partial charge in [-0.2, -0.15) is 0 Å². The van der Waals surface area contributed by atoms with Gasteiger partial charge in [0.25, 0.3) is 0 Å². The number of aliphatic hydroxyl groups is 1. The maximum Gasteiger partial charge on any atom is 0.157 e. The van der Waals surface area contributed by atoms with Crippen molar-refractivity contribution in [3.05, 3.63) is 12.2 Å². The Labute approximate surface area is 103 Å². The summed E-state index contributed by atoms with van der Waals surface area (Å²) in [5.41, 5.74) is 0.139. The van der Waals surface area contributed by atoms with Crippen LogP contribution in [0.2, 0.25) is 0 Å². The van der Waals surface area contributed by atoms with Gasteiger partial charge in [0.05, 0.1) is 6.10 Å². The highest BCUT2D eigenvalue weighted by Crippen LogP contribution is 2.33. The van der Waals surface area contributed by atoms with Gasteiger partial charge in [-0.05, 0) is 37.0 Å². The SMILES string of the molecule is CC(C)(C)C=CCCC1CCC(O)C(F)C1F. The zero-order valence-corrected chi connectivity index (χ0v) is 11.0. The van der Waals surface area contributed by atoms with Crippen LogP contribution >= 0.6 is 0 Å². The first kappa shape index (κ1) is 14.6. The smallest absolute Gasteiger partial charge is 0.157 e. The van der Waals surface area contributed by atoms with Gasteiger partial charge in [0, 0.05) is 0 Å². The first-order chi connectivity index (χ1) is 7.81. The molecule has 0 aromatic heterocycles. The van der Waals surface area contributed by atoms with Crippen LogP contribution in [0, 0.1) is 11.3 Å². The molecule has 0 amide bonds. The number of aliphatic hydroxyl groups excluding tert-OH is 1. The molecule has 1 aliphatic rings. The maximum atomic E-state index is 13.6. The lowest BCUT2D eigenvalue weighted by atomic mass is 9.81. The van der Waals surface area contributed by atoms with Crippen LogP contribution in [0.15, 0.2) is 12.2 Å². The minimum absolute atomic E-state index is 0.139. The molecule has 4 atom stereocenters. The molecule has 0 aromatic rings. The number of rotatable bonds is 3. The van der Waals surface area contributed by atoms with Crippen LogP contribution in [-0.4, -0.2) is 23.6 Å². The fourth-order valence-corrected chi connectivity index (χ4v) is 2.23. The van der Waals surface area contributed by atoms with Crippen molar-refractivity contribution in [1.82, 2.24) is 0 Å². The van der Waals surface area contributed by atoms with Gasteiger partial charge in [0.2, 0.25) is 0 Å². The second-order valence-electron chi connectivity index (χ2n) is 6.14. The second-order valence-corrected chi connectivity index (χ2v) is 6.14. The zero-order valence-electron chi connectivity index (χ0n) is 11.0. The van der Waals surface area contributed by atoms with Crippen molar-refractivity contribution in [1.29, 1.82) is 0 Å². The topological polar surface area (TPSA) is 20.2 Å². The second kappa shape index (κ2) is 5.94. The third-order valence-corrected chi connectivity index (χ3v) is 3.28. The largest absolute Gasteiger partial charge is 0.390 e. The Morgan fingerprint density at radius 2 is 1.82 bits per heavy atom. The molecule has 3 heteroatoms. The number of hydrogen-bond donors (Lipinski definition) is 1. The Bertz CT molecular complexity index is 257. The van der Waals surface area contributed by atoms with Crippen molar-refractivity contribution < 1.29 is 13.9 Å². The number of hydrogen-bond acceptors (Lipinski definition) is 1. The minimum atomic E-state index is -1.69. The van der Waals surface area contributed by atoms with E-state index in [1.54, 1.807) is 0 Å². The van der Waals surface area contributed by atoms with E-state index in [9.17, 15) is 13.9 Å². The fraction of sp³-hybridized carbons (Fsp3) is 0.857. The molecule has 0 radical (unpaired) electrons. The van der Waals surface area contributed by atoms with Gasteiger partial charge in [0.15, 0.2) is 6.17 Å². The highest BCUT2D eigenvalue weighted by Gasteiger charge is 2.38. The van der Waals surface area contributed by atoms with E-state index in [0.717, 1.165) is 6.42 Å². The summed E-state index contributed by atoms with van der Waals surface area (Å²) in [5.74, 6) is -0.238. The molecule has 1 rings (SSSR count). The molecule has 1 N–H and O–H groups in total. The molecule has 0 heterocycles. The van der Waals surface area contributed by atoms with E-state index >= 15 is 0 Å². The monoisotopic (exact) mass is 246 g/mol. The highest BCUT2D eigenvalue weighted by molar-refractivity contribution is 4.94.